The van der Waals surface area contributed by atoms with Crippen LogP contribution in [0.25, 0.3) is 10.9 Å². The minimum absolute atomic E-state index is 0.00990. The van der Waals surface area contributed by atoms with Gasteiger partial charge in [-0.3, -0.25) is 4.90 Å². The van der Waals surface area contributed by atoms with Gasteiger partial charge in [0.05, 0.1) is 0 Å². The summed E-state index contributed by atoms with van der Waals surface area (Å²) in [5.41, 5.74) is 1.87. The second-order valence-electron chi connectivity index (χ2n) is 5.83. The molecular weight excluding hydrogens is 264 g/mol. The van der Waals surface area contributed by atoms with E-state index in [1.807, 2.05) is 35.4 Å². The number of nitrogens with zero attached hydrogens (tertiary/aromatic N) is 2. The molecule has 0 radical (unpaired) electrons. The summed E-state index contributed by atoms with van der Waals surface area (Å²) in [5, 5.41) is 4.14. The fourth-order valence-corrected chi connectivity index (χ4v) is 2.77. The van der Waals surface area contributed by atoms with Gasteiger partial charge in [0, 0.05) is 49.6 Å². The van der Waals surface area contributed by atoms with Crippen LogP contribution in [0.3, 0.4) is 0 Å². The fourth-order valence-electron chi connectivity index (χ4n) is 2.77. The van der Waals surface area contributed by atoms with Crippen LogP contribution in [0, 0.1) is 0 Å². The molecule has 0 aliphatic carbocycles. The van der Waals surface area contributed by atoms with Crippen molar-refractivity contribution in [3.8, 4) is 0 Å². The lowest BCUT2D eigenvalue weighted by molar-refractivity contribution is 0.125. The van der Waals surface area contributed by atoms with E-state index >= 15 is 0 Å². The molecule has 2 amide bonds. The molecule has 2 heterocycles. The number of fused-ring (bicyclic) bond motifs is 1. The Morgan fingerprint density at radius 3 is 2.67 bits per heavy atom. The maximum Gasteiger partial charge on any atom is 0.321 e. The molecule has 0 spiro atoms. The monoisotopic (exact) mass is 286 g/mol. The summed E-state index contributed by atoms with van der Waals surface area (Å²) in [6, 6.07) is 8.48. The Hall–Kier alpha value is -2.01. The number of urea groups is 1. The molecule has 0 unspecified atom stereocenters. The summed E-state index contributed by atoms with van der Waals surface area (Å²) in [6.07, 6.45) is 1.90. The Morgan fingerprint density at radius 2 is 1.95 bits per heavy atom. The molecule has 2 aromatic rings. The summed E-state index contributed by atoms with van der Waals surface area (Å²) in [6.45, 7) is 7.85. The van der Waals surface area contributed by atoms with E-state index in [9.17, 15) is 4.79 Å². The Bertz CT molecular complexity index is 626. The van der Waals surface area contributed by atoms with Crippen LogP contribution >= 0.6 is 0 Å². The first kappa shape index (κ1) is 13.9. The average molecular weight is 286 g/mol. The van der Waals surface area contributed by atoms with Crippen LogP contribution in [-0.2, 0) is 0 Å². The number of rotatable bonds is 2. The number of aromatic amines is 1. The lowest BCUT2D eigenvalue weighted by atomic mass is 10.2. The van der Waals surface area contributed by atoms with Gasteiger partial charge >= 0.3 is 6.03 Å². The molecule has 1 aliphatic heterocycles. The van der Waals surface area contributed by atoms with E-state index in [0.29, 0.717) is 6.04 Å². The quantitative estimate of drug-likeness (QED) is 0.892. The van der Waals surface area contributed by atoms with Crippen molar-refractivity contribution in [2.75, 3.05) is 31.5 Å². The second kappa shape index (κ2) is 5.77. The highest BCUT2D eigenvalue weighted by molar-refractivity contribution is 5.92. The normalized spacial score (nSPS) is 16.6. The number of amides is 2. The second-order valence-corrected chi connectivity index (χ2v) is 5.83. The van der Waals surface area contributed by atoms with E-state index in [0.717, 1.165) is 42.8 Å². The molecule has 1 aromatic carbocycles. The number of hydrogen-bond acceptors (Lipinski definition) is 2. The standard InChI is InChI=1S/C16H22N4O/c1-12(2)19-7-9-20(10-8-19)16(21)18-14-4-3-13-5-6-17-15(13)11-14/h3-6,11-12,17H,7-10H2,1-2H3,(H,18,21). The lowest BCUT2D eigenvalue weighted by Gasteiger charge is -2.36. The maximum atomic E-state index is 12.3. The van der Waals surface area contributed by atoms with Gasteiger partial charge in [-0.25, -0.2) is 4.79 Å². The largest absolute Gasteiger partial charge is 0.361 e. The number of carbonyl (C=O) groups is 1. The molecule has 112 valence electrons. The number of hydrogen-bond donors (Lipinski definition) is 2. The molecule has 5 heteroatoms. The van der Waals surface area contributed by atoms with Crippen molar-refractivity contribution in [2.45, 2.75) is 19.9 Å². The van der Waals surface area contributed by atoms with Gasteiger partial charge in [-0.1, -0.05) is 6.07 Å². The lowest BCUT2D eigenvalue weighted by Crippen LogP contribution is -2.51. The zero-order valence-corrected chi connectivity index (χ0v) is 12.6. The number of H-pyrrole nitrogens is 1. The number of nitrogens with one attached hydrogen (secondary N) is 2. The van der Waals surface area contributed by atoms with Crippen molar-refractivity contribution >= 4 is 22.6 Å². The van der Waals surface area contributed by atoms with Gasteiger partial charge in [-0.2, -0.15) is 0 Å². The molecule has 0 saturated carbocycles. The first-order valence-corrected chi connectivity index (χ1v) is 7.50. The van der Waals surface area contributed by atoms with Crippen LogP contribution < -0.4 is 5.32 Å². The fraction of sp³-hybridized carbons (Fsp3) is 0.438. The predicted octanol–water partition coefficient (Wildman–Crippen LogP) is 2.73. The van der Waals surface area contributed by atoms with Crippen molar-refractivity contribution in [1.29, 1.82) is 0 Å². The number of benzene rings is 1. The van der Waals surface area contributed by atoms with Crippen molar-refractivity contribution in [1.82, 2.24) is 14.8 Å². The molecule has 1 aliphatic rings. The number of piperazine rings is 1. The van der Waals surface area contributed by atoms with Gasteiger partial charge in [0.25, 0.3) is 0 Å². The smallest absolute Gasteiger partial charge is 0.321 e. The third kappa shape index (κ3) is 3.03. The summed E-state index contributed by atoms with van der Waals surface area (Å²) in [4.78, 5) is 19.7. The molecule has 2 N–H and O–H groups in total. The Kier molecular flexibility index (Phi) is 3.84. The molecule has 5 nitrogen and oxygen atoms in total. The van der Waals surface area contributed by atoms with Crippen LogP contribution in [0.2, 0.25) is 0 Å². The Balaban J connectivity index is 1.61. The predicted molar refractivity (Wildman–Crippen MR) is 85.6 cm³/mol. The first-order chi connectivity index (χ1) is 10.1. The number of carbonyl (C=O) groups excluding carboxylic acids is 1. The minimum atomic E-state index is -0.00990. The zero-order valence-electron chi connectivity index (χ0n) is 12.6. The van der Waals surface area contributed by atoms with E-state index < -0.39 is 0 Å². The van der Waals surface area contributed by atoms with Crippen LogP contribution in [0.5, 0.6) is 0 Å². The van der Waals surface area contributed by atoms with E-state index in [-0.39, 0.29) is 6.03 Å². The summed E-state index contributed by atoms with van der Waals surface area (Å²) < 4.78 is 0. The Morgan fingerprint density at radius 1 is 1.19 bits per heavy atom. The van der Waals surface area contributed by atoms with Crippen LogP contribution in [0.4, 0.5) is 10.5 Å². The molecule has 3 rings (SSSR count). The van der Waals surface area contributed by atoms with Gasteiger partial charge in [-0.15, -0.1) is 0 Å². The van der Waals surface area contributed by atoms with E-state index in [4.69, 9.17) is 0 Å². The third-order valence-electron chi connectivity index (χ3n) is 4.14. The van der Waals surface area contributed by atoms with Crippen molar-refractivity contribution in [3.05, 3.63) is 30.5 Å². The van der Waals surface area contributed by atoms with Gasteiger partial charge in [-0.05, 0) is 37.4 Å². The van der Waals surface area contributed by atoms with Crippen molar-refractivity contribution in [2.24, 2.45) is 0 Å². The summed E-state index contributed by atoms with van der Waals surface area (Å²) >= 11 is 0. The van der Waals surface area contributed by atoms with Gasteiger partial charge in [0.2, 0.25) is 0 Å². The van der Waals surface area contributed by atoms with Crippen LogP contribution in [-0.4, -0.2) is 53.0 Å². The highest BCUT2D eigenvalue weighted by Gasteiger charge is 2.22. The summed E-state index contributed by atoms with van der Waals surface area (Å²) in [5.74, 6) is 0. The van der Waals surface area contributed by atoms with Crippen LogP contribution in [0.15, 0.2) is 30.5 Å². The molecule has 0 bridgehead atoms. The maximum absolute atomic E-state index is 12.3. The van der Waals surface area contributed by atoms with Gasteiger partial charge in [0.1, 0.15) is 0 Å². The SMILES string of the molecule is CC(C)N1CCN(C(=O)Nc2ccc3cc[nH]c3c2)CC1. The molecule has 1 saturated heterocycles. The third-order valence-corrected chi connectivity index (χ3v) is 4.14. The van der Waals surface area contributed by atoms with Crippen molar-refractivity contribution < 1.29 is 4.79 Å². The molecule has 0 atom stereocenters. The Labute approximate surface area is 124 Å². The van der Waals surface area contributed by atoms with E-state index in [2.05, 4.69) is 29.0 Å². The number of anilines is 1. The molecule has 1 fully saturated rings. The van der Waals surface area contributed by atoms with Gasteiger partial charge in [0.15, 0.2) is 0 Å². The van der Waals surface area contributed by atoms with E-state index in [1.165, 1.54) is 0 Å². The average Bonchev–Trinajstić information content (AvgIpc) is 2.95. The number of aromatic nitrogens is 1. The van der Waals surface area contributed by atoms with Gasteiger partial charge < -0.3 is 15.2 Å². The minimum Gasteiger partial charge on any atom is -0.361 e. The molecule has 21 heavy (non-hydrogen) atoms. The summed E-state index contributed by atoms with van der Waals surface area (Å²) in [7, 11) is 0. The first-order valence-electron chi connectivity index (χ1n) is 7.50. The topological polar surface area (TPSA) is 51.4 Å². The molecule has 1 aromatic heterocycles. The zero-order chi connectivity index (χ0) is 14.8. The van der Waals surface area contributed by atoms with E-state index in [1.54, 1.807) is 0 Å². The van der Waals surface area contributed by atoms with Crippen LogP contribution in [0.1, 0.15) is 13.8 Å². The van der Waals surface area contributed by atoms with Crippen molar-refractivity contribution in [3.63, 3.8) is 0 Å². The highest BCUT2D eigenvalue weighted by Crippen LogP contribution is 2.18. The molecular formula is C16H22N4O. The highest BCUT2D eigenvalue weighted by atomic mass is 16.2.